The molecule has 7 heteroatoms. The molecule has 0 fully saturated rings. The third kappa shape index (κ3) is 3.63. The maximum Gasteiger partial charge on any atom is 0.360 e. The maximum atomic E-state index is 11.8. The van der Waals surface area contributed by atoms with Gasteiger partial charge in [-0.2, -0.15) is 0 Å². The Balaban J connectivity index is 2.09. The number of nitrogen functional groups attached to an aromatic ring is 1. The number of carboxylic acids is 1. The quantitative estimate of drug-likeness (QED) is 0.248. The van der Waals surface area contributed by atoms with Crippen LogP contribution in [-0.2, 0) is 15.0 Å². The maximum absolute atomic E-state index is 11.8. The zero-order valence-corrected chi connectivity index (χ0v) is 18.1. The first kappa shape index (κ1) is 21.3. The smallest absolute Gasteiger partial charge is 0.360 e. The summed E-state index contributed by atoms with van der Waals surface area (Å²) >= 11 is 1.24. The number of nitrogens with zero attached hydrogens (tertiary/aromatic N) is 2. The van der Waals surface area contributed by atoms with Crippen LogP contribution in [0.15, 0.2) is 96.2 Å². The van der Waals surface area contributed by atoms with E-state index in [9.17, 15) is 9.90 Å². The Labute approximate surface area is 189 Å². The topological polar surface area (TPSA) is 97.8 Å². The first-order valence-corrected chi connectivity index (χ1v) is 10.7. The lowest BCUT2D eigenvalue weighted by Gasteiger charge is -2.34. The third-order valence-electron chi connectivity index (χ3n) is 5.20. The van der Waals surface area contributed by atoms with E-state index in [1.807, 2.05) is 91.0 Å². The minimum atomic E-state index is -1.26. The lowest BCUT2D eigenvalue weighted by Crippen LogP contribution is -2.31. The molecule has 0 unspecified atom stereocenters. The lowest BCUT2D eigenvalue weighted by atomic mass is 9.70. The van der Waals surface area contributed by atoms with Gasteiger partial charge in [-0.15, -0.1) is 0 Å². The highest BCUT2D eigenvalue weighted by Crippen LogP contribution is 2.47. The molecule has 4 aromatic rings. The summed E-state index contributed by atoms with van der Waals surface area (Å²) in [6.45, 7) is 0. The van der Waals surface area contributed by atoms with Crippen molar-refractivity contribution in [3.8, 4) is 0 Å². The number of carboxylic acid groups (broad SMARTS) is 1. The molecule has 0 saturated heterocycles. The predicted molar refractivity (Wildman–Crippen MR) is 126 cm³/mol. The van der Waals surface area contributed by atoms with E-state index in [1.54, 1.807) is 0 Å². The van der Waals surface area contributed by atoms with Crippen molar-refractivity contribution in [2.24, 2.45) is 5.16 Å². The summed E-state index contributed by atoms with van der Waals surface area (Å²) in [6.07, 6.45) is 0. The van der Waals surface area contributed by atoms with Crippen LogP contribution < -0.4 is 5.73 Å². The molecular formula is C25H21N3O3S. The lowest BCUT2D eigenvalue weighted by molar-refractivity contribution is -0.129. The number of aromatic nitrogens is 1. The van der Waals surface area contributed by atoms with Gasteiger partial charge in [-0.25, -0.2) is 9.78 Å². The van der Waals surface area contributed by atoms with Gasteiger partial charge in [0.2, 0.25) is 5.71 Å². The van der Waals surface area contributed by atoms with Gasteiger partial charge in [0, 0.05) is 0 Å². The number of aliphatic carboxylic acids is 1. The van der Waals surface area contributed by atoms with Crippen molar-refractivity contribution in [1.29, 1.82) is 0 Å². The molecule has 0 bridgehead atoms. The summed E-state index contributed by atoms with van der Waals surface area (Å²) < 4.78 is 0. The molecule has 0 saturated carbocycles. The number of benzene rings is 3. The fourth-order valence-corrected chi connectivity index (χ4v) is 4.96. The Bertz CT molecular complexity index is 1140. The van der Waals surface area contributed by atoms with Crippen molar-refractivity contribution in [1.82, 2.24) is 4.98 Å². The van der Waals surface area contributed by atoms with Gasteiger partial charge < -0.3 is 15.7 Å². The molecule has 0 aliphatic rings. The molecule has 0 spiro atoms. The van der Waals surface area contributed by atoms with Crippen LogP contribution in [-0.4, -0.2) is 28.9 Å². The molecule has 160 valence electrons. The van der Waals surface area contributed by atoms with E-state index in [1.165, 1.54) is 18.4 Å². The molecule has 0 aliphatic heterocycles. The normalized spacial score (nSPS) is 11.8. The molecule has 0 atom stereocenters. The predicted octanol–water partition coefficient (Wildman–Crippen LogP) is 4.54. The second-order valence-electron chi connectivity index (χ2n) is 7.01. The van der Waals surface area contributed by atoms with Crippen LogP contribution in [0.2, 0.25) is 0 Å². The average molecular weight is 444 g/mol. The first-order chi connectivity index (χ1) is 15.6. The standard InChI is InChI=1S/C25H21N3O3S/c1-31-28-21(23(29)30)20-22(26)32-24(27-20)25(17-11-5-2-6-12-17,18-13-7-3-8-14-18)19-15-9-4-10-16-19/h2-16H,26H2,1H3,(H,29,30). The number of hydrogen-bond donors (Lipinski definition) is 2. The Hall–Kier alpha value is -3.97. The van der Waals surface area contributed by atoms with E-state index in [2.05, 4.69) is 5.16 Å². The van der Waals surface area contributed by atoms with Crippen molar-refractivity contribution in [3.63, 3.8) is 0 Å². The Morgan fingerprint density at radius 1 is 0.906 bits per heavy atom. The highest BCUT2D eigenvalue weighted by molar-refractivity contribution is 7.16. The monoisotopic (exact) mass is 443 g/mol. The van der Waals surface area contributed by atoms with Gasteiger partial charge in [0.1, 0.15) is 22.8 Å². The van der Waals surface area contributed by atoms with Crippen molar-refractivity contribution in [3.05, 3.63) is 118 Å². The summed E-state index contributed by atoms with van der Waals surface area (Å²) in [4.78, 5) is 21.3. The van der Waals surface area contributed by atoms with E-state index >= 15 is 0 Å². The molecule has 1 aromatic heterocycles. The number of hydrogen-bond acceptors (Lipinski definition) is 6. The highest BCUT2D eigenvalue weighted by Gasteiger charge is 2.42. The summed E-state index contributed by atoms with van der Waals surface area (Å²) in [5.41, 5.74) is 8.19. The molecule has 0 aliphatic carbocycles. The van der Waals surface area contributed by atoms with Crippen LogP contribution in [0.5, 0.6) is 0 Å². The fourth-order valence-electron chi connectivity index (χ4n) is 3.87. The van der Waals surface area contributed by atoms with Crippen molar-refractivity contribution >= 4 is 28.0 Å². The molecule has 3 N–H and O–H groups in total. The molecule has 6 nitrogen and oxygen atoms in total. The van der Waals surface area contributed by atoms with Gasteiger partial charge in [0.15, 0.2) is 0 Å². The van der Waals surface area contributed by atoms with Crippen molar-refractivity contribution in [2.75, 3.05) is 12.8 Å². The molecular weight excluding hydrogens is 422 g/mol. The van der Waals surface area contributed by atoms with Crippen LogP contribution in [0, 0.1) is 0 Å². The Morgan fingerprint density at radius 2 is 1.34 bits per heavy atom. The third-order valence-corrected chi connectivity index (χ3v) is 6.21. The average Bonchev–Trinajstić information content (AvgIpc) is 3.21. The second-order valence-corrected chi connectivity index (χ2v) is 8.04. The molecule has 0 amide bonds. The van der Waals surface area contributed by atoms with Crippen molar-refractivity contribution < 1.29 is 14.7 Å². The second kappa shape index (κ2) is 9.03. The number of thiazole rings is 1. The summed E-state index contributed by atoms with van der Waals surface area (Å²) in [5.74, 6) is -1.26. The number of anilines is 1. The Kier molecular flexibility index (Phi) is 6.00. The van der Waals surface area contributed by atoms with Gasteiger partial charge in [0.25, 0.3) is 0 Å². The van der Waals surface area contributed by atoms with E-state index < -0.39 is 11.4 Å². The van der Waals surface area contributed by atoms with E-state index in [4.69, 9.17) is 15.6 Å². The van der Waals surface area contributed by atoms with Crippen LogP contribution in [0.4, 0.5) is 5.00 Å². The molecule has 1 heterocycles. The minimum absolute atomic E-state index is 0.0894. The van der Waals surface area contributed by atoms with Gasteiger partial charge in [-0.1, -0.05) is 107 Å². The summed E-state index contributed by atoms with van der Waals surface area (Å²) in [6, 6.07) is 30.0. The highest BCUT2D eigenvalue weighted by atomic mass is 32.1. The number of carbonyl (C=O) groups is 1. The molecule has 3 aromatic carbocycles. The summed E-state index contributed by atoms with van der Waals surface area (Å²) in [7, 11) is 1.29. The molecule has 32 heavy (non-hydrogen) atoms. The van der Waals surface area contributed by atoms with E-state index in [0.29, 0.717) is 5.01 Å². The fraction of sp³-hybridized carbons (Fsp3) is 0.0800. The number of oxime groups is 1. The zero-order valence-electron chi connectivity index (χ0n) is 17.3. The molecule has 0 radical (unpaired) electrons. The van der Waals surface area contributed by atoms with Crippen LogP contribution >= 0.6 is 11.3 Å². The Morgan fingerprint density at radius 3 is 1.72 bits per heavy atom. The van der Waals surface area contributed by atoms with Gasteiger partial charge >= 0.3 is 5.97 Å². The largest absolute Gasteiger partial charge is 0.476 e. The first-order valence-electron chi connectivity index (χ1n) is 9.87. The van der Waals surface area contributed by atoms with Crippen LogP contribution in [0.1, 0.15) is 27.4 Å². The van der Waals surface area contributed by atoms with Gasteiger partial charge in [-0.3, -0.25) is 0 Å². The van der Waals surface area contributed by atoms with E-state index in [-0.39, 0.29) is 16.4 Å². The van der Waals surface area contributed by atoms with Gasteiger partial charge in [-0.05, 0) is 16.7 Å². The molecule has 4 rings (SSSR count). The van der Waals surface area contributed by atoms with Gasteiger partial charge in [0.05, 0.1) is 5.41 Å². The SMILES string of the molecule is CON=C(C(=O)O)c1nc(C(c2ccccc2)(c2ccccc2)c2ccccc2)sc1N. The minimum Gasteiger partial charge on any atom is -0.476 e. The number of rotatable bonds is 7. The summed E-state index contributed by atoms with van der Waals surface area (Å²) in [5, 5.41) is 14.2. The van der Waals surface area contributed by atoms with Crippen LogP contribution in [0.3, 0.4) is 0 Å². The van der Waals surface area contributed by atoms with Crippen LogP contribution in [0.25, 0.3) is 0 Å². The van der Waals surface area contributed by atoms with E-state index in [0.717, 1.165) is 16.7 Å². The number of nitrogens with two attached hydrogens (primary N) is 1. The van der Waals surface area contributed by atoms with Crippen molar-refractivity contribution in [2.45, 2.75) is 5.41 Å². The zero-order chi connectivity index (χ0) is 22.6.